The van der Waals surface area contributed by atoms with E-state index in [-0.39, 0.29) is 5.69 Å². The van der Waals surface area contributed by atoms with Crippen LogP contribution in [0.15, 0.2) is 61.1 Å². The minimum atomic E-state index is -1.11. The van der Waals surface area contributed by atoms with Crippen molar-refractivity contribution in [3.63, 3.8) is 0 Å². The summed E-state index contributed by atoms with van der Waals surface area (Å²) in [4.78, 5) is 18.2. The predicted octanol–water partition coefficient (Wildman–Crippen LogP) is 3.23. The van der Waals surface area contributed by atoms with Gasteiger partial charge in [0.2, 0.25) is 0 Å². The lowest BCUT2D eigenvalue weighted by Crippen LogP contribution is -1.99. The Labute approximate surface area is 142 Å². The molecule has 0 fully saturated rings. The molecule has 7 nitrogen and oxygen atoms in total. The number of hydrogen-bond donors (Lipinski definition) is 3. The molecular formula is C18H13N5O2. The van der Waals surface area contributed by atoms with E-state index in [0.29, 0.717) is 11.3 Å². The number of imidazole rings is 1. The second-order valence-electron chi connectivity index (χ2n) is 5.45. The highest BCUT2D eigenvalue weighted by Crippen LogP contribution is 2.27. The van der Waals surface area contributed by atoms with Gasteiger partial charge in [0.1, 0.15) is 5.69 Å². The smallest absolute Gasteiger partial charge is 0.358 e. The first-order chi connectivity index (χ1) is 12.2. The minimum Gasteiger partial charge on any atom is -0.476 e. The zero-order chi connectivity index (χ0) is 17.2. The van der Waals surface area contributed by atoms with Gasteiger partial charge in [-0.25, -0.2) is 9.78 Å². The second kappa shape index (κ2) is 6.04. The third-order valence-corrected chi connectivity index (χ3v) is 3.94. The highest BCUT2D eigenvalue weighted by atomic mass is 16.4. The first-order valence-corrected chi connectivity index (χ1v) is 7.56. The molecule has 7 heteroatoms. The monoisotopic (exact) mass is 331 g/mol. The maximum atomic E-state index is 11.1. The SMILES string of the molecule is O=C(O)c1n[nH]nc1-c1ccc(-c2ccc(-c3cnc[nH]3)cc2)cc1. The molecule has 0 spiro atoms. The maximum absolute atomic E-state index is 11.1. The number of aromatic carboxylic acids is 1. The second-order valence-corrected chi connectivity index (χ2v) is 5.45. The molecule has 122 valence electrons. The number of aromatic nitrogens is 5. The third kappa shape index (κ3) is 2.78. The number of hydrogen-bond acceptors (Lipinski definition) is 4. The Morgan fingerprint density at radius 2 is 1.44 bits per heavy atom. The van der Waals surface area contributed by atoms with E-state index < -0.39 is 5.97 Å². The molecule has 0 amide bonds. The van der Waals surface area contributed by atoms with E-state index in [1.54, 1.807) is 12.5 Å². The fraction of sp³-hybridized carbons (Fsp3) is 0. The van der Waals surface area contributed by atoms with E-state index in [0.717, 1.165) is 22.4 Å². The molecule has 0 radical (unpaired) electrons. The van der Waals surface area contributed by atoms with Gasteiger partial charge < -0.3 is 10.1 Å². The normalized spacial score (nSPS) is 10.7. The molecule has 0 atom stereocenters. The van der Waals surface area contributed by atoms with Gasteiger partial charge in [-0.1, -0.05) is 48.5 Å². The van der Waals surface area contributed by atoms with Crippen molar-refractivity contribution in [2.75, 3.05) is 0 Å². The summed E-state index contributed by atoms with van der Waals surface area (Å²) in [7, 11) is 0. The number of H-pyrrole nitrogens is 2. The Morgan fingerprint density at radius 3 is 2.00 bits per heavy atom. The lowest BCUT2D eigenvalue weighted by molar-refractivity contribution is 0.0691. The summed E-state index contributed by atoms with van der Waals surface area (Å²) >= 11 is 0. The van der Waals surface area contributed by atoms with Crippen LogP contribution >= 0.6 is 0 Å². The summed E-state index contributed by atoms with van der Waals surface area (Å²) in [5, 5.41) is 19.1. The third-order valence-electron chi connectivity index (χ3n) is 3.94. The number of carboxylic acids is 1. The van der Waals surface area contributed by atoms with Crippen molar-refractivity contribution in [3.05, 3.63) is 66.7 Å². The van der Waals surface area contributed by atoms with Crippen molar-refractivity contribution < 1.29 is 9.90 Å². The molecule has 0 unspecified atom stereocenters. The Morgan fingerprint density at radius 1 is 0.840 bits per heavy atom. The van der Waals surface area contributed by atoms with Gasteiger partial charge >= 0.3 is 5.97 Å². The number of aromatic amines is 2. The van der Waals surface area contributed by atoms with Crippen LogP contribution in [0, 0.1) is 0 Å². The van der Waals surface area contributed by atoms with Crippen LogP contribution in [0.5, 0.6) is 0 Å². The zero-order valence-electron chi connectivity index (χ0n) is 13.0. The average molecular weight is 331 g/mol. The molecule has 4 aromatic rings. The molecule has 3 N–H and O–H groups in total. The predicted molar refractivity (Wildman–Crippen MR) is 91.8 cm³/mol. The van der Waals surface area contributed by atoms with Crippen LogP contribution in [0.3, 0.4) is 0 Å². The molecule has 0 aliphatic rings. The molecule has 0 aliphatic carbocycles. The highest BCUT2D eigenvalue weighted by molar-refractivity contribution is 5.92. The summed E-state index contributed by atoms with van der Waals surface area (Å²) in [5.41, 5.74) is 5.06. The van der Waals surface area contributed by atoms with Crippen molar-refractivity contribution in [3.8, 4) is 33.6 Å². The van der Waals surface area contributed by atoms with Gasteiger partial charge in [-0.2, -0.15) is 10.3 Å². The molecule has 0 saturated heterocycles. The summed E-state index contributed by atoms with van der Waals surface area (Å²) < 4.78 is 0. The molecule has 4 rings (SSSR count). The number of carboxylic acid groups (broad SMARTS) is 1. The number of carbonyl (C=O) groups is 1. The summed E-state index contributed by atoms with van der Waals surface area (Å²) in [6, 6.07) is 15.6. The van der Waals surface area contributed by atoms with Gasteiger partial charge in [0.15, 0.2) is 5.69 Å². The summed E-state index contributed by atoms with van der Waals surface area (Å²) in [5.74, 6) is -1.11. The Kier molecular flexibility index (Phi) is 3.59. The molecule has 25 heavy (non-hydrogen) atoms. The molecule has 2 aromatic carbocycles. The van der Waals surface area contributed by atoms with Gasteiger partial charge in [-0.15, -0.1) is 5.10 Å². The van der Waals surface area contributed by atoms with Crippen LogP contribution in [0.25, 0.3) is 33.6 Å². The van der Waals surface area contributed by atoms with E-state index in [9.17, 15) is 4.79 Å². The first-order valence-electron chi connectivity index (χ1n) is 7.56. The minimum absolute atomic E-state index is 0.0864. The van der Waals surface area contributed by atoms with E-state index >= 15 is 0 Å². The number of nitrogens with one attached hydrogen (secondary N) is 2. The van der Waals surface area contributed by atoms with Crippen molar-refractivity contribution in [1.82, 2.24) is 25.4 Å². The van der Waals surface area contributed by atoms with Gasteiger partial charge in [0, 0.05) is 5.56 Å². The fourth-order valence-electron chi connectivity index (χ4n) is 2.66. The van der Waals surface area contributed by atoms with E-state index in [1.165, 1.54) is 0 Å². The highest BCUT2D eigenvalue weighted by Gasteiger charge is 2.16. The summed E-state index contributed by atoms with van der Waals surface area (Å²) in [6.07, 6.45) is 3.43. The van der Waals surface area contributed by atoms with Crippen molar-refractivity contribution >= 4 is 5.97 Å². The first kappa shape index (κ1) is 14.8. The maximum Gasteiger partial charge on any atom is 0.358 e. The molecule has 0 saturated carbocycles. The van der Waals surface area contributed by atoms with Crippen LogP contribution in [-0.4, -0.2) is 36.5 Å². The van der Waals surface area contributed by atoms with Gasteiger partial charge in [0.25, 0.3) is 0 Å². The quantitative estimate of drug-likeness (QED) is 0.532. The topological polar surface area (TPSA) is 108 Å². The fourth-order valence-corrected chi connectivity index (χ4v) is 2.66. The molecule has 0 bridgehead atoms. The van der Waals surface area contributed by atoms with Crippen LogP contribution in [-0.2, 0) is 0 Å². The molecule has 2 aromatic heterocycles. The Balaban J connectivity index is 1.62. The standard InChI is InChI=1S/C18H13N5O2/c24-18(25)17-16(21-23-22-17)14-7-3-12(4-8-14)11-1-5-13(6-2-11)15-9-19-10-20-15/h1-10H,(H,19,20)(H,24,25)(H,21,22,23). The van der Waals surface area contributed by atoms with Gasteiger partial charge in [-0.05, 0) is 16.7 Å². The summed E-state index contributed by atoms with van der Waals surface area (Å²) in [6.45, 7) is 0. The van der Waals surface area contributed by atoms with Crippen molar-refractivity contribution in [2.24, 2.45) is 0 Å². The average Bonchev–Trinajstić information content (AvgIpc) is 3.34. The molecule has 2 heterocycles. The van der Waals surface area contributed by atoms with Gasteiger partial charge in [0.05, 0.1) is 18.2 Å². The van der Waals surface area contributed by atoms with Gasteiger partial charge in [-0.3, -0.25) is 0 Å². The largest absolute Gasteiger partial charge is 0.476 e. The van der Waals surface area contributed by atoms with E-state index in [4.69, 9.17) is 5.11 Å². The van der Waals surface area contributed by atoms with Crippen molar-refractivity contribution in [2.45, 2.75) is 0 Å². The van der Waals surface area contributed by atoms with Crippen LogP contribution in [0.2, 0.25) is 0 Å². The van der Waals surface area contributed by atoms with Crippen molar-refractivity contribution in [1.29, 1.82) is 0 Å². The lowest BCUT2D eigenvalue weighted by Gasteiger charge is -2.05. The van der Waals surface area contributed by atoms with Crippen LogP contribution in [0.4, 0.5) is 0 Å². The number of nitrogens with zero attached hydrogens (tertiary/aromatic N) is 3. The number of benzene rings is 2. The number of rotatable bonds is 4. The Bertz CT molecular complexity index is 1000. The van der Waals surface area contributed by atoms with Crippen LogP contribution in [0.1, 0.15) is 10.5 Å². The van der Waals surface area contributed by atoms with E-state index in [2.05, 4.69) is 25.4 Å². The van der Waals surface area contributed by atoms with Crippen LogP contribution < -0.4 is 0 Å². The Hall–Kier alpha value is -3.74. The zero-order valence-corrected chi connectivity index (χ0v) is 13.0. The van der Waals surface area contributed by atoms with E-state index in [1.807, 2.05) is 48.5 Å². The molecule has 0 aliphatic heterocycles. The molecular weight excluding hydrogens is 318 g/mol. The lowest BCUT2D eigenvalue weighted by atomic mass is 10.0.